The molecule has 2 N–H and O–H groups in total. The lowest BCUT2D eigenvalue weighted by atomic mass is 10.2. The maximum atomic E-state index is 6.15. The molecule has 2 rings (SSSR count). The summed E-state index contributed by atoms with van der Waals surface area (Å²) in [5, 5.41) is 1.10. The molecule has 0 radical (unpaired) electrons. The molecule has 0 bridgehead atoms. The van der Waals surface area contributed by atoms with Crippen LogP contribution in [0.1, 0.15) is 11.1 Å². The topological polar surface area (TPSA) is 48.1 Å². The number of hydrogen-bond donors (Lipinski definition) is 1. The van der Waals surface area contributed by atoms with Gasteiger partial charge in [-0.25, -0.2) is 4.98 Å². The number of aryl methyl sites for hydroxylation is 1. The maximum Gasteiger partial charge on any atom is 0.238 e. The average Bonchev–Trinajstić information content (AvgIpc) is 2.35. The van der Waals surface area contributed by atoms with Gasteiger partial charge >= 0.3 is 0 Å². The molecule has 0 aliphatic rings. The highest BCUT2D eigenvalue weighted by atomic mass is 35.5. The van der Waals surface area contributed by atoms with E-state index in [1.54, 1.807) is 24.4 Å². The zero-order valence-electron chi connectivity index (χ0n) is 9.78. The van der Waals surface area contributed by atoms with Crippen LogP contribution in [0.2, 0.25) is 10.0 Å². The van der Waals surface area contributed by atoms with Crippen molar-refractivity contribution < 1.29 is 4.74 Å². The molecule has 3 nitrogen and oxygen atoms in total. The molecule has 0 saturated heterocycles. The highest BCUT2D eigenvalue weighted by Crippen LogP contribution is 2.32. The van der Waals surface area contributed by atoms with Crippen molar-refractivity contribution in [2.24, 2.45) is 5.73 Å². The molecule has 0 spiro atoms. The van der Waals surface area contributed by atoms with Crippen LogP contribution < -0.4 is 10.5 Å². The lowest BCUT2D eigenvalue weighted by Gasteiger charge is -2.10. The van der Waals surface area contributed by atoms with Gasteiger partial charge in [-0.15, -0.1) is 0 Å². The zero-order valence-corrected chi connectivity index (χ0v) is 11.3. The molecule has 2 aromatic rings. The summed E-state index contributed by atoms with van der Waals surface area (Å²) >= 11 is 12.0. The van der Waals surface area contributed by atoms with Crippen molar-refractivity contribution in [3.05, 3.63) is 51.6 Å². The largest absolute Gasteiger partial charge is 0.437 e. The van der Waals surface area contributed by atoms with Gasteiger partial charge in [0.25, 0.3) is 0 Å². The van der Waals surface area contributed by atoms with Crippen LogP contribution in [0.3, 0.4) is 0 Å². The van der Waals surface area contributed by atoms with Gasteiger partial charge in [0.05, 0.1) is 0 Å². The Morgan fingerprint density at radius 2 is 2.06 bits per heavy atom. The van der Waals surface area contributed by atoms with E-state index in [2.05, 4.69) is 4.98 Å². The molecular formula is C13H12Cl2N2O. The quantitative estimate of drug-likeness (QED) is 0.927. The van der Waals surface area contributed by atoms with Crippen molar-refractivity contribution >= 4 is 23.2 Å². The van der Waals surface area contributed by atoms with E-state index in [1.165, 1.54) is 0 Å². The molecule has 18 heavy (non-hydrogen) atoms. The predicted molar refractivity (Wildman–Crippen MR) is 73.4 cm³/mol. The number of halogens is 2. The molecule has 1 aromatic carbocycles. The second-order valence-corrected chi connectivity index (χ2v) is 4.62. The van der Waals surface area contributed by atoms with E-state index >= 15 is 0 Å². The molecule has 5 heteroatoms. The molecule has 0 atom stereocenters. The van der Waals surface area contributed by atoms with Crippen LogP contribution in [-0.2, 0) is 6.54 Å². The Bertz CT molecular complexity index is 573. The van der Waals surface area contributed by atoms with Gasteiger partial charge in [-0.1, -0.05) is 23.2 Å². The van der Waals surface area contributed by atoms with Gasteiger partial charge in [0.2, 0.25) is 5.88 Å². The second-order valence-electron chi connectivity index (χ2n) is 3.81. The molecule has 1 heterocycles. The molecular weight excluding hydrogens is 271 g/mol. The second kappa shape index (κ2) is 5.57. The lowest BCUT2D eigenvalue weighted by Crippen LogP contribution is -2.00. The molecule has 0 aliphatic heterocycles. The first kappa shape index (κ1) is 13.1. The van der Waals surface area contributed by atoms with E-state index in [1.807, 2.05) is 13.0 Å². The van der Waals surface area contributed by atoms with Crippen LogP contribution in [0.5, 0.6) is 11.6 Å². The number of rotatable bonds is 3. The number of pyridine rings is 1. The van der Waals surface area contributed by atoms with Gasteiger partial charge in [-0.05, 0) is 42.3 Å². The number of benzene rings is 1. The third-order valence-electron chi connectivity index (χ3n) is 2.50. The van der Waals surface area contributed by atoms with Crippen molar-refractivity contribution in [2.45, 2.75) is 13.5 Å². The Balaban J connectivity index is 2.34. The van der Waals surface area contributed by atoms with E-state index in [0.717, 1.165) is 11.1 Å². The normalized spacial score (nSPS) is 10.4. The van der Waals surface area contributed by atoms with Crippen molar-refractivity contribution in [1.82, 2.24) is 4.98 Å². The van der Waals surface area contributed by atoms with Crippen LogP contribution in [-0.4, -0.2) is 4.98 Å². The summed E-state index contributed by atoms with van der Waals surface area (Å²) in [6.07, 6.45) is 1.62. The van der Waals surface area contributed by atoms with Crippen LogP contribution in [0.4, 0.5) is 0 Å². The van der Waals surface area contributed by atoms with E-state index in [9.17, 15) is 0 Å². The standard InChI is InChI=1S/C13H12Cl2N2O/c1-8-6-10(14)2-3-11(8)18-13-12(15)9(7-16)4-5-17-13/h2-6H,7,16H2,1H3. The van der Waals surface area contributed by atoms with E-state index in [0.29, 0.717) is 28.2 Å². The van der Waals surface area contributed by atoms with Gasteiger partial charge in [-0.2, -0.15) is 0 Å². The first-order valence-corrected chi connectivity index (χ1v) is 6.15. The molecule has 0 amide bonds. The number of nitrogens with two attached hydrogens (primary N) is 1. The lowest BCUT2D eigenvalue weighted by molar-refractivity contribution is 0.459. The number of ether oxygens (including phenoxy) is 1. The minimum Gasteiger partial charge on any atom is -0.437 e. The van der Waals surface area contributed by atoms with Crippen LogP contribution in [0, 0.1) is 6.92 Å². The molecule has 94 valence electrons. The monoisotopic (exact) mass is 282 g/mol. The predicted octanol–water partition coefficient (Wildman–Crippen LogP) is 3.95. The Morgan fingerprint density at radius 3 is 2.72 bits per heavy atom. The van der Waals surface area contributed by atoms with Crippen LogP contribution in [0.15, 0.2) is 30.5 Å². The summed E-state index contributed by atoms with van der Waals surface area (Å²) in [6, 6.07) is 7.12. The fraction of sp³-hybridized carbons (Fsp3) is 0.154. The number of aromatic nitrogens is 1. The van der Waals surface area contributed by atoms with Crippen molar-refractivity contribution in [1.29, 1.82) is 0 Å². The number of hydrogen-bond acceptors (Lipinski definition) is 3. The summed E-state index contributed by atoms with van der Waals surface area (Å²) in [4.78, 5) is 4.10. The summed E-state index contributed by atoms with van der Waals surface area (Å²) in [6.45, 7) is 2.25. The third-order valence-corrected chi connectivity index (χ3v) is 3.14. The highest BCUT2D eigenvalue weighted by Gasteiger charge is 2.10. The Kier molecular flexibility index (Phi) is 4.07. The smallest absolute Gasteiger partial charge is 0.238 e. The first-order valence-electron chi connectivity index (χ1n) is 5.39. The third kappa shape index (κ3) is 2.75. The van der Waals surface area contributed by atoms with Crippen LogP contribution in [0.25, 0.3) is 0 Å². The van der Waals surface area contributed by atoms with Crippen molar-refractivity contribution in [2.75, 3.05) is 0 Å². The zero-order chi connectivity index (χ0) is 13.1. The minimum atomic E-state index is 0.345. The van der Waals surface area contributed by atoms with Gasteiger partial charge in [0.15, 0.2) is 0 Å². The maximum absolute atomic E-state index is 6.15. The molecule has 0 saturated carbocycles. The molecule has 1 aromatic heterocycles. The molecule has 0 fully saturated rings. The minimum absolute atomic E-state index is 0.345. The van der Waals surface area contributed by atoms with Gasteiger partial charge < -0.3 is 10.5 Å². The van der Waals surface area contributed by atoms with Crippen LogP contribution >= 0.6 is 23.2 Å². The summed E-state index contributed by atoms with van der Waals surface area (Å²) in [7, 11) is 0. The van der Waals surface area contributed by atoms with Crippen molar-refractivity contribution in [3.8, 4) is 11.6 Å². The Labute approximate surface area is 115 Å². The summed E-state index contributed by atoms with van der Waals surface area (Å²) in [5.74, 6) is 1.02. The molecule has 0 unspecified atom stereocenters. The first-order chi connectivity index (χ1) is 8.61. The fourth-order valence-corrected chi connectivity index (χ4v) is 1.98. The summed E-state index contributed by atoms with van der Waals surface area (Å²) in [5.41, 5.74) is 7.29. The SMILES string of the molecule is Cc1cc(Cl)ccc1Oc1nccc(CN)c1Cl. The average molecular weight is 283 g/mol. The Morgan fingerprint density at radius 1 is 1.28 bits per heavy atom. The highest BCUT2D eigenvalue weighted by molar-refractivity contribution is 6.32. The van der Waals surface area contributed by atoms with Gasteiger partial charge in [-0.3, -0.25) is 0 Å². The van der Waals surface area contributed by atoms with Crippen molar-refractivity contribution in [3.63, 3.8) is 0 Å². The van der Waals surface area contributed by atoms with Gasteiger partial charge in [0, 0.05) is 17.8 Å². The van der Waals surface area contributed by atoms with E-state index < -0.39 is 0 Å². The van der Waals surface area contributed by atoms with E-state index in [-0.39, 0.29) is 0 Å². The summed E-state index contributed by atoms with van der Waals surface area (Å²) < 4.78 is 5.68. The van der Waals surface area contributed by atoms with Gasteiger partial charge in [0.1, 0.15) is 10.8 Å². The van der Waals surface area contributed by atoms with E-state index in [4.69, 9.17) is 33.7 Å². The molecule has 0 aliphatic carbocycles. The number of nitrogens with zero attached hydrogens (tertiary/aromatic N) is 1. The Hall–Kier alpha value is -1.29. The fourth-order valence-electron chi connectivity index (χ4n) is 1.52.